The van der Waals surface area contributed by atoms with Gasteiger partial charge in [-0.1, -0.05) is 20.8 Å². The smallest absolute Gasteiger partial charge is 0.138 e. The Bertz CT molecular complexity index is 617. The minimum Gasteiger partial charge on any atom is -0.378 e. The second kappa shape index (κ2) is 6.83. The Morgan fingerprint density at radius 3 is 2.64 bits per heavy atom. The molecule has 0 aliphatic carbocycles. The highest BCUT2D eigenvalue weighted by Gasteiger charge is 2.19. The van der Waals surface area contributed by atoms with Gasteiger partial charge in [0.05, 0.1) is 12.3 Å². The Kier molecular flexibility index (Phi) is 5.07. The summed E-state index contributed by atoms with van der Waals surface area (Å²) < 4.78 is 6.97. The molecule has 0 radical (unpaired) electrons. The van der Waals surface area contributed by atoms with Crippen LogP contribution in [0.5, 0.6) is 0 Å². The van der Waals surface area contributed by atoms with Crippen molar-refractivity contribution in [3.63, 3.8) is 0 Å². The number of hydrogen-bond donors (Lipinski definition) is 1. The predicted octanol–water partition coefficient (Wildman–Crippen LogP) is 1.70. The van der Waals surface area contributed by atoms with Gasteiger partial charge in [-0.3, -0.25) is 4.68 Å². The molecular formula is C15H24N6O. The third kappa shape index (κ3) is 4.24. The largest absolute Gasteiger partial charge is 0.378 e. The van der Waals surface area contributed by atoms with Crippen molar-refractivity contribution in [2.45, 2.75) is 39.2 Å². The van der Waals surface area contributed by atoms with E-state index in [0.29, 0.717) is 6.61 Å². The van der Waals surface area contributed by atoms with Crippen LogP contribution in [0.3, 0.4) is 0 Å². The summed E-state index contributed by atoms with van der Waals surface area (Å²) in [5, 5.41) is 7.40. The predicted molar refractivity (Wildman–Crippen MR) is 84.6 cm³/mol. The van der Waals surface area contributed by atoms with E-state index < -0.39 is 0 Å². The summed E-state index contributed by atoms with van der Waals surface area (Å²) in [6, 6.07) is 1.93. The molecule has 1 N–H and O–H groups in total. The summed E-state index contributed by atoms with van der Waals surface area (Å²) in [5.41, 5.74) is 0.771. The van der Waals surface area contributed by atoms with Gasteiger partial charge in [-0.2, -0.15) is 5.10 Å². The second-order valence-electron chi connectivity index (χ2n) is 6.23. The van der Waals surface area contributed by atoms with Gasteiger partial charge in [0, 0.05) is 38.6 Å². The Morgan fingerprint density at radius 2 is 2.05 bits per heavy atom. The SMILES string of the molecule is COCc1cc(NCCc2ncnn2C)nc(C(C)(C)C)n1. The van der Waals surface area contributed by atoms with E-state index in [4.69, 9.17) is 4.74 Å². The maximum Gasteiger partial charge on any atom is 0.138 e. The molecule has 0 bridgehead atoms. The van der Waals surface area contributed by atoms with Crippen LogP contribution in [0.4, 0.5) is 5.82 Å². The van der Waals surface area contributed by atoms with Crippen LogP contribution in [0.15, 0.2) is 12.4 Å². The van der Waals surface area contributed by atoms with Crippen LogP contribution in [-0.2, 0) is 30.2 Å². The maximum atomic E-state index is 5.19. The quantitative estimate of drug-likeness (QED) is 0.875. The highest BCUT2D eigenvalue weighted by molar-refractivity contribution is 5.37. The maximum absolute atomic E-state index is 5.19. The molecule has 0 saturated heterocycles. The molecule has 7 nitrogen and oxygen atoms in total. The fourth-order valence-corrected chi connectivity index (χ4v) is 1.99. The summed E-state index contributed by atoms with van der Waals surface area (Å²) in [6.45, 7) is 7.51. The first-order valence-electron chi connectivity index (χ1n) is 7.34. The molecule has 0 aliphatic rings. The molecule has 2 aromatic heterocycles. The van der Waals surface area contributed by atoms with Crippen molar-refractivity contribution < 1.29 is 4.74 Å². The normalized spacial score (nSPS) is 11.7. The lowest BCUT2D eigenvalue weighted by Gasteiger charge is -2.19. The van der Waals surface area contributed by atoms with Gasteiger partial charge in [0.2, 0.25) is 0 Å². The lowest BCUT2D eigenvalue weighted by molar-refractivity contribution is 0.181. The van der Waals surface area contributed by atoms with Crippen molar-refractivity contribution in [2.75, 3.05) is 19.0 Å². The van der Waals surface area contributed by atoms with Crippen molar-refractivity contribution in [3.8, 4) is 0 Å². The van der Waals surface area contributed by atoms with Crippen LogP contribution >= 0.6 is 0 Å². The molecular weight excluding hydrogens is 280 g/mol. The van der Waals surface area contributed by atoms with E-state index in [1.807, 2.05) is 13.1 Å². The molecule has 0 saturated carbocycles. The Hall–Kier alpha value is -2.02. The first-order chi connectivity index (χ1) is 10.4. The first kappa shape index (κ1) is 16.4. The lowest BCUT2D eigenvalue weighted by atomic mass is 9.95. The second-order valence-corrected chi connectivity index (χ2v) is 6.23. The summed E-state index contributed by atoms with van der Waals surface area (Å²) in [6.07, 6.45) is 2.35. The van der Waals surface area contributed by atoms with E-state index in [1.165, 1.54) is 0 Å². The van der Waals surface area contributed by atoms with Gasteiger partial charge in [-0.15, -0.1) is 0 Å². The van der Waals surface area contributed by atoms with Gasteiger partial charge >= 0.3 is 0 Å². The van der Waals surface area contributed by atoms with Gasteiger partial charge < -0.3 is 10.1 Å². The van der Waals surface area contributed by atoms with Gasteiger partial charge in [0.15, 0.2) is 0 Å². The number of ether oxygens (including phenoxy) is 1. The molecule has 0 aliphatic heterocycles. The molecule has 2 heterocycles. The van der Waals surface area contributed by atoms with Gasteiger partial charge in [0.1, 0.15) is 23.8 Å². The number of nitrogens with zero attached hydrogens (tertiary/aromatic N) is 5. The van der Waals surface area contributed by atoms with Gasteiger partial charge in [0.25, 0.3) is 0 Å². The number of aryl methyl sites for hydroxylation is 1. The van der Waals surface area contributed by atoms with Crippen LogP contribution in [-0.4, -0.2) is 38.4 Å². The van der Waals surface area contributed by atoms with Crippen molar-refractivity contribution in [1.29, 1.82) is 0 Å². The molecule has 0 unspecified atom stereocenters. The third-order valence-corrected chi connectivity index (χ3v) is 3.20. The highest BCUT2D eigenvalue weighted by Crippen LogP contribution is 2.20. The average molecular weight is 304 g/mol. The van der Waals surface area contributed by atoms with E-state index in [2.05, 4.69) is 46.1 Å². The molecule has 7 heteroatoms. The van der Waals surface area contributed by atoms with E-state index in [0.717, 1.165) is 36.1 Å². The van der Waals surface area contributed by atoms with Gasteiger partial charge in [-0.25, -0.2) is 15.0 Å². The third-order valence-electron chi connectivity index (χ3n) is 3.20. The molecule has 0 amide bonds. The number of anilines is 1. The standard InChI is InChI=1S/C15H24N6O/c1-15(2,3)14-19-11(9-22-5)8-12(20-14)16-7-6-13-17-10-18-21(13)4/h8,10H,6-7,9H2,1-5H3,(H,16,19,20). The Morgan fingerprint density at radius 1 is 1.27 bits per heavy atom. The molecule has 0 aromatic carbocycles. The number of nitrogens with one attached hydrogen (secondary N) is 1. The van der Waals surface area contributed by atoms with E-state index in [1.54, 1.807) is 18.1 Å². The van der Waals surface area contributed by atoms with Crippen LogP contribution in [0.1, 0.15) is 38.1 Å². The molecule has 120 valence electrons. The van der Waals surface area contributed by atoms with Crippen LogP contribution in [0.25, 0.3) is 0 Å². The number of rotatable bonds is 6. The molecule has 0 atom stereocenters. The zero-order chi connectivity index (χ0) is 16.2. The first-order valence-corrected chi connectivity index (χ1v) is 7.34. The number of aromatic nitrogens is 5. The minimum atomic E-state index is -0.107. The number of hydrogen-bond acceptors (Lipinski definition) is 6. The summed E-state index contributed by atoms with van der Waals surface area (Å²) in [5.74, 6) is 2.56. The molecule has 2 rings (SSSR count). The highest BCUT2D eigenvalue weighted by atomic mass is 16.5. The van der Waals surface area contributed by atoms with Crippen molar-refractivity contribution in [3.05, 3.63) is 29.7 Å². The van der Waals surface area contributed by atoms with Crippen molar-refractivity contribution in [1.82, 2.24) is 24.7 Å². The molecule has 22 heavy (non-hydrogen) atoms. The zero-order valence-electron chi connectivity index (χ0n) is 13.9. The fourth-order valence-electron chi connectivity index (χ4n) is 1.99. The number of methoxy groups -OCH3 is 1. The lowest BCUT2D eigenvalue weighted by Crippen LogP contribution is -2.19. The minimum absolute atomic E-state index is 0.107. The Balaban J connectivity index is 2.08. The van der Waals surface area contributed by atoms with E-state index in [9.17, 15) is 0 Å². The van der Waals surface area contributed by atoms with Gasteiger partial charge in [-0.05, 0) is 0 Å². The van der Waals surface area contributed by atoms with E-state index >= 15 is 0 Å². The average Bonchev–Trinajstić information content (AvgIpc) is 2.84. The van der Waals surface area contributed by atoms with Crippen LogP contribution in [0, 0.1) is 0 Å². The fraction of sp³-hybridized carbons (Fsp3) is 0.600. The van der Waals surface area contributed by atoms with Crippen LogP contribution in [0.2, 0.25) is 0 Å². The molecule has 0 fully saturated rings. The van der Waals surface area contributed by atoms with Crippen molar-refractivity contribution in [2.24, 2.45) is 7.05 Å². The summed E-state index contributed by atoms with van der Waals surface area (Å²) in [7, 11) is 3.56. The zero-order valence-corrected chi connectivity index (χ0v) is 13.9. The van der Waals surface area contributed by atoms with Crippen LogP contribution < -0.4 is 5.32 Å². The Labute approximate surface area is 131 Å². The monoisotopic (exact) mass is 304 g/mol. The summed E-state index contributed by atoms with van der Waals surface area (Å²) >= 11 is 0. The topological polar surface area (TPSA) is 77.8 Å². The van der Waals surface area contributed by atoms with E-state index in [-0.39, 0.29) is 5.41 Å². The molecule has 2 aromatic rings. The summed E-state index contributed by atoms with van der Waals surface area (Å²) in [4.78, 5) is 13.4. The molecule has 0 spiro atoms. The van der Waals surface area contributed by atoms with Crippen molar-refractivity contribution >= 4 is 5.82 Å².